The maximum atomic E-state index is 12.7. The van der Waals surface area contributed by atoms with Crippen molar-refractivity contribution in [2.75, 3.05) is 31.1 Å². The number of hydrogen-bond acceptors (Lipinski definition) is 4. The topological polar surface area (TPSA) is 64.4 Å². The Morgan fingerprint density at radius 1 is 1.12 bits per heavy atom. The van der Waals surface area contributed by atoms with Crippen LogP contribution in [0.25, 0.3) is 0 Å². The van der Waals surface area contributed by atoms with Crippen molar-refractivity contribution in [3.63, 3.8) is 0 Å². The van der Waals surface area contributed by atoms with E-state index in [0.717, 1.165) is 11.3 Å². The summed E-state index contributed by atoms with van der Waals surface area (Å²) in [6.45, 7) is 4.15. The molecule has 0 unspecified atom stereocenters. The van der Waals surface area contributed by atoms with Gasteiger partial charge in [-0.1, -0.05) is 29.8 Å². The first-order chi connectivity index (χ1) is 12.4. The molecule has 1 fully saturated rings. The predicted octanol–water partition coefficient (Wildman–Crippen LogP) is 3.17. The number of anilines is 1. The van der Waals surface area contributed by atoms with Crippen LogP contribution in [0.4, 0.5) is 5.69 Å². The van der Waals surface area contributed by atoms with Gasteiger partial charge in [0.1, 0.15) is 0 Å². The Labute approximate surface area is 159 Å². The number of hydrogen-bond donors (Lipinski definition) is 0. The van der Waals surface area contributed by atoms with Gasteiger partial charge in [-0.15, -0.1) is 0 Å². The Kier molecular flexibility index (Phi) is 5.52. The number of sulfonamides is 1. The SMILES string of the molecule is Cc1ccc(Cl)cc1N1CCN(S(=O)(=O)Cc2cccc(C#N)c2)CC1. The van der Waals surface area contributed by atoms with Crippen molar-refractivity contribution in [2.45, 2.75) is 12.7 Å². The first kappa shape index (κ1) is 18.7. The molecule has 0 bridgehead atoms. The van der Waals surface area contributed by atoms with Crippen molar-refractivity contribution in [3.8, 4) is 6.07 Å². The lowest BCUT2D eigenvalue weighted by molar-refractivity contribution is 0.384. The second-order valence-corrected chi connectivity index (χ2v) is 8.79. The normalized spacial score (nSPS) is 15.7. The predicted molar refractivity (Wildman–Crippen MR) is 104 cm³/mol. The van der Waals surface area contributed by atoms with Crippen LogP contribution in [0.15, 0.2) is 42.5 Å². The van der Waals surface area contributed by atoms with Gasteiger partial charge in [0.25, 0.3) is 0 Å². The number of nitriles is 1. The molecule has 2 aromatic carbocycles. The molecule has 0 atom stereocenters. The van der Waals surface area contributed by atoms with Gasteiger partial charge in [-0.25, -0.2) is 8.42 Å². The molecule has 5 nitrogen and oxygen atoms in total. The first-order valence-electron chi connectivity index (χ1n) is 8.37. The highest BCUT2D eigenvalue weighted by atomic mass is 35.5. The third-order valence-electron chi connectivity index (χ3n) is 4.55. The zero-order valence-corrected chi connectivity index (χ0v) is 16.1. The van der Waals surface area contributed by atoms with E-state index in [9.17, 15) is 8.42 Å². The maximum Gasteiger partial charge on any atom is 0.218 e. The molecule has 136 valence electrons. The average Bonchev–Trinajstić information content (AvgIpc) is 2.63. The lowest BCUT2D eigenvalue weighted by atomic mass is 10.1. The molecule has 0 spiro atoms. The summed E-state index contributed by atoms with van der Waals surface area (Å²) in [4.78, 5) is 2.17. The summed E-state index contributed by atoms with van der Waals surface area (Å²) in [7, 11) is -3.41. The minimum absolute atomic E-state index is 0.0846. The number of benzene rings is 2. The third kappa shape index (κ3) is 4.18. The summed E-state index contributed by atoms with van der Waals surface area (Å²) in [6, 6.07) is 14.5. The van der Waals surface area contributed by atoms with Crippen LogP contribution in [0.2, 0.25) is 5.02 Å². The highest BCUT2D eigenvalue weighted by molar-refractivity contribution is 7.88. The largest absolute Gasteiger partial charge is 0.369 e. The summed E-state index contributed by atoms with van der Waals surface area (Å²) < 4.78 is 27.0. The van der Waals surface area contributed by atoms with Gasteiger partial charge >= 0.3 is 0 Å². The van der Waals surface area contributed by atoms with Crippen molar-refractivity contribution in [2.24, 2.45) is 0 Å². The van der Waals surface area contributed by atoms with Crippen molar-refractivity contribution < 1.29 is 8.42 Å². The van der Waals surface area contributed by atoms with Gasteiger partial charge in [0.2, 0.25) is 10.0 Å². The summed E-state index contributed by atoms with van der Waals surface area (Å²) in [5.74, 6) is -0.0846. The van der Waals surface area contributed by atoms with Crippen LogP contribution in [-0.4, -0.2) is 38.9 Å². The van der Waals surface area contributed by atoms with E-state index in [2.05, 4.69) is 4.90 Å². The van der Waals surface area contributed by atoms with Gasteiger partial charge in [-0.2, -0.15) is 9.57 Å². The molecule has 1 saturated heterocycles. The van der Waals surface area contributed by atoms with Crippen LogP contribution < -0.4 is 4.90 Å². The molecule has 0 aromatic heterocycles. The van der Waals surface area contributed by atoms with E-state index in [0.29, 0.717) is 42.3 Å². The van der Waals surface area contributed by atoms with E-state index in [1.807, 2.05) is 31.2 Å². The summed E-state index contributed by atoms with van der Waals surface area (Å²) >= 11 is 6.10. The third-order valence-corrected chi connectivity index (χ3v) is 6.63. The van der Waals surface area contributed by atoms with E-state index in [4.69, 9.17) is 16.9 Å². The van der Waals surface area contributed by atoms with Crippen molar-refractivity contribution in [1.82, 2.24) is 4.31 Å². The van der Waals surface area contributed by atoms with Gasteiger partial charge in [0, 0.05) is 36.9 Å². The van der Waals surface area contributed by atoms with Crippen LogP contribution >= 0.6 is 11.6 Å². The fraction of sp³-hybridized carbons (Fsp3) is 0.316. The molecule has 0 aliphatic carbocycles. The molecule has 0 saturated carbocycles. The summed E-state index contributed by atoms with van der Waals surface area (Å²) in [5.41, 5.74) is 3.28. The highest BCUT2D eigenvalue weighted by Crippen LogP contribution is 2.26. The number of halogens is 1. The molecule has 1 aliphatic rings. The minimum Gasteiger partial charge on any atom is -0.369 e. The Hall–Kier alpha value is -2.07. The fourth-order valence-corrected chi connectivity index (χ4v) is 4.83. The zero-order chi connectivity index (χ0) is 18.7. The number of rotatable bonds is 4. The number of aryl methyl sites for hydroxylation is 1. The highest BCUT2D eigenvalue weighted by Gasteiger charge is 2.27. The van der Waals surface area contributed by atoms with Crippen LogP contribution in [-0.2, 0) is 15.8 Å². The number of piperazine rings is 1. The Morgan fingerprint density at radius 2 is 1.85 bits per heavy atom. The monoisotopic (exact) mass is 389 g/mol. The molecule has 2 aromatic rings. The molecule has 0 N–H and O–H groups in total. The van der Waals surface area contributed by atoms with Crippen LogP contribution in [0.1, 0.15) is 16.7 Å². The van der Waals surface area contributed by atoms with Crippen molar-refractivity contribution in [3.05, 3.63) is 64.2 Å². The van der Waals surface area contributed by atoms with Crippen LogP contribution in [0.3, 0.4) is 0 Å². The van der Waals surface area contributed by atoms with Gasteiger partial charge in [0.05, 0.1) is 17.4 Å². The number of nitrogens with zero attached hydrogens (tertiary/aromatic N) is 3. The summed E-state index contributed by atoms with van der Waals surface area (Å²) in [5, 5.41) is 9.64. The van der Waals surface area contributed by atoms with E-state index >= 15 is 0 Å². The molecular formula is C19H20ClN3O2S. The molecule has 26 heavy (non-hydrogen) atoms. The first-order valence-corrected chi connectivity index (χ1v) is 10.4. The Balaban J connectivity index is 1.68. The average molecular weight is 390 g/mol. The van der Waals surface area contributed by atoms with Crippen molar-refractivity contribution >= 4 is 27.3 Å². The standard InChI is InChI=1S/C19H20ClN3O2S/c1-15-5-6-18(20)12-19(15)22-7-9-23(10-8-22)26(24,25)14-17-4-2-3-16(11-17)13-21/h2-6,11-12H,7-10,14H2,1H3. The zero-order valence-electron chi connectivity index (χ0n) is 14.5. The Morgan fingerprint density at radius 3 is 2.54 bits per heavy atom. The quantitative estimate of drug-likeness (QED) is 0.805. The van der Waals surface area contributed by atoms with E-state index in [-0.39, 0.29) is 5.75 Å². The molecule has 1 aliphatic heterocycles. The van der Waals surface area contributed by atoms with Crippen molar-refractivity contribution in [1.29, 1.82) is 5.26 Å². The molecule has 0 amide bonds. The molecule has 3 rings (SSSR count). The lowest BCUT2D eigenvalue weighted by Gasteiger charge is -2.36. The van der Waals surface area contributed by atoms with Gasteiger partial charge < -0.3 is 4.90 Å². The smallest absolute Gasteiger partial charge is 0.218 e. The van der Waals surface area contributed by atoms with Crippen LogP contribution in [0.5, 0.6) is 0 Å². The summed E-state index contributed by atoms with van der Waals surface area (Å²) in [6.07, 6.45) is 0. The minimum atomic E-state index is -3.41. The lowest BCUT2D eigenvalue weighted by Crippen LogP contribution is -2.49. The second kappa shape index (κ2) is 7.67. The molecular weight excluding hydrogens is 370 g/mol. The maximum absolute atomic E-state index is 12.7. The fourth-order valence-electron chi connectivity index (χ4n) is 3.16. The molecule has 7 heteroatoms. The van der Waals surface area contributed by atoms with Gasteiger partial charge in [0.15, 0.2) is 0 Å². The van der Waals surface area contributed by atoms with Gasteiger partial charge in [-0.05, 0) is 42.3 Å². The van der Waals surface area contributed by atoms with Gasteiger partial charge in [-0.3, -0.25) is 0 Å². The molecule has 0 radical (unpaired) electrons. The van der Waals surface area contributed by atoms with E-state index in [1.165, 1.54) is 4.31 Å². The Bertz CT molecular complexity index is 945. The second-order valence-electron chi connectivity index (χ2n) is 6.39. The van der Waals surface area contributed by atoms with E-state index < -0.39 is 10.0 Å². The van der Waals surface area contributed by atoms with E-state index in [1.54, 1.807) is 24.3 Å². The van der Waals surface area contributed by atoms with Crippen LogP contribution in [0, 0.1) is 18.3 Å². The molecule has 1 heterocycles.